The van der Waals surface area contributed by atoms with Gasteiger partial charge in [0.1, 0.15) is 6.10 Å². The summed E-state index contributed by atoms with van der Waals surface area (Å²) in [6, 6.07) is 0. The number of aliphatic hydroxyl groups is 1. The van der Waals surface area contributed by atoms with Gasteiger partial charge in [0.25, 0.3) is 0 Å². The van der Waals surface area contributed by atoms with Gasteiger partial charge in [-0.15, -0.1) is 0 Å². The second-order valence-corrected chi connectivity index (χ2v) is 3.57. The quantitative estimate of drug-likeness (QED) is 0.666. The van der Waals surface area contributed by atoms with Crippen molar-refractivity contribution in [1.82, 2.24) is 0 Å². The lowest BCUT2D eigenvalue weighted by Gasteiger charge is -2.09. The molecule has 0 aromatic heterocycles. The molecule has 0 saturated heterocycles. The second kappa shape index (κ2) is 6.18. The van der Waals surface area contributed by atoms with E-state index in [9.17, 15) is 4.79 Å². The minimum atomic E-state index is -0.779. The Bertz CT molecular complexity index is 130. The summed E-state index contributed by atoms with van der Waals surface area (Å²) in [5.41, 5.74) is 0. The lowest BCUT2D eigenvalue weighted by Crippen LogP contribution is -2.16. The molecule has 0 fully saturated rings. The number of carbonyl (C=O) groups is 1. The molecule has 0 amide bonds. The maximum absolute atomic E-state index is 11.0. The maximum atomic E-state index is 11.0. The van der Waals surface area contributed by atoms with Crippen molar-refractivity contribution in [2.75, 3.05) is 0 Å². The summed E-state index contributed by atoms with van der Waals surface area (Å²) in [7, 11) is 0. The van der Waals surface area contributed by atoms with Crippen LogP contribution in [-0.4, -0.2) is 17.0 Å². The van der Waals surface area contributed by atoms with Gasteiger partial charge in [0.15, 0.2) is 5.78 Å². The molecule has 0 aliphatic carbocycles. The smallest absolute Gasteiger partial charge is 0.160 e. The molecule has 12 heavy (non-hydrogen) atoms. The molecule has 0 rings (SSSR count). The fourth-order valence-corrected chi connectivity index (χ4v) is 1.23. The Kier molecular flexibility index (Phi) is 5.99. The normalized spacial score (nSPS) is 15.7. The minimum Gasteiger partial charge on any atom is -0.386 e. The average molecular weight is 172 g/mol. The highest BCUT2D eigenvalue weighted by molar-refractivity contribution is 5.82. The number of rotatable bonds is 6. The lowest BCUT2D eigenvalue weighted by molar-refractivity contribution is -0.126. The number of hydrogen-bond acceptors (Lipinski definition) is 2. The fraction of sp³-hybridized carbons (Fsp3) is 0.900. The molecule has 0 radical (unpaired) electrons. The van der Waals surface area contributed by atoms with Crippen LogP contribution < -0.4 is 0 Å². The second-order valence-electron chi connectivity index (χ2n) is 3.57. The van der Waals surface area contributed by atoms with Crippen molar-refractivity contribution in [3.05, 3.63) is 0 Å². The molecule has 0 saturated carbocycles. The van der Waals surface area contributed by atoms with Crippen molar-refractivity contribution in [2.24, 2.45) is 5.92 Å². The third-order valence-electron chi connectivity index (χ3n) is 2.13. The van der Waals surface area contributed by atoms with Crippen LogP contribution in [0.25, 0.3) is 0 Å². The van der Waals surface area contributed by atoms with E-state index in [1.54, 1.807) is 0 Å². The molecule has 0 spiro atoms. The summed E-state index contributed by atoms with van der Waals surface area (Å²) < 4.78 is 0. The molecule has 0 aliphatic heterocycles. The van der Waals surface area contributed by atoms with Crippen molar-refractivity contribution in [2.45, 2.75) is 52.6 Å². The highest BCUT2D eigenvalue weighted by atomic mass is 16.3. The number of Topliss-reactive ketones (excluding diaryl/α,β-unsaturated/α-hetero) is 1. The highest BCUT2D eigenvalue weighted by Crippen LogP contribution is 2.12. The van der Waals surface area contributed by atoms with Gasteiger partial charge in [-0.1, -0.05) is 26.7 Å². The molecule has 72 valence electrons. The largest absolute Gasteiger partial charge is 0.386 e. The highest BCUT2D eigenvalue weighted by Gasteiger charge is 2.10. The van der Waals surface area contributed by atoms with E-state index in [4.69, 9.17) is 5.11 Å². The Morgan fingerprint density at radius 1 is 1.33 bits per heavy atom. The first-order chi connectivity index (χ1) is 5.57. The van der Waals surface area contributed by atoms with Crippen molar-refractivity contribution in [1.29, 1.82) is 0 Å². The van der Waals surface area contributed by atoms with Crippen LogP contribution in [0.15, 0.2) is 0 Å². The Morgan fingerprint density at radius 3 is 2.33 bits per heavy atom. The molecular weight excluding hydrogens is 152 g/mol. The molecule has 2 heteroatoms. The van der Waals surface area contributed by atoms with E-state index < -0.39 is 6.10 Å². The van der Waals surface area contributed by atoms with Crippen LogP contribution in [0.3, 0.4) is 0 Å². The molecule has 0 aliphatic rings. The van der Waals surface area contributed by atoms with Crippen molar-refractivity contribution < 1.29 is 9.90 Å². The van der Waals surface area contributed by atoms with Gasteiger partial charge >= 0.3 is 0 Å². The third kappa shape index (κ3) is 5.30. The summed E-state index contributed by atoms with van der Waals surface area (Å²) in [4.78, 5) is 11.0. The third-order valence-corrected chi connectivity index (χ3v) is 2.13. The first kappa shape index (κ1) is 11.6. The molecule has 1 N–H and O–H groups in total. The van der Waals surface area contributed by atoms with Crippen molar-refractivity contribution in [3.63, 3.8) is 0 Å². The van der Waals surface area contributed by atoms with E-state index in [1.165, 1.54) is 19.8 Å². The fourth-order valence-electron chi connectivity index (χ4n) is 1.23. The van der Waals surface area contributed by atoms with E-state index >= 15 is 0 Å². The number of hydrogen-bond donors (Lipinski definition) is 1. The van der Waals surface area contributed by atoms with Crippen LogP contribution in [0, 0.1) is 5.92 Å². The van der Waals surface area contributed by atoms with E-state index in [-0.39, 0.29) is 5.78 Å². The molecule has 2 atom stereocenters. The van der Waals surface area contributed by atoms with Gasteiger partial charge in [-0.05, 0) is 19.3 Å². The lowest BCUT2D eigenvalue weighted by atomic mass is 9.98. The van der Waals surface area contributed by atoms with Gasteiger partial charge in [0.2, 0.25) is 0 Å². The Balaban J connectivity index is 3.47. The first-order valence-electron chi connectivity index (χ1n) is 4.78. The zero-order chi connectivity index (χ0) is 9.56. The summed E-state index contributed by atoms with van der Waals surface area (Å²) in [6.07, 6.45) is 3.01. The molecule has 0 aromatic carbocycles. The van der Waals surface area contributed by atoms with E-state index in [1.807, 2.05) is 0 Å². The summed E-state index contributed by atoms with van der Waals surface area (Å²) >= 11 is 0. The Morgan fingerprint density at radius 2 is 1.92 bits per heavy atom. The molecule has 0 aromatic rings. The summed E-state index contributed by atoms with van der Waals surface area (Å²) in [6.45, 7) is 5.83. The molecular formula is C10H20O2. The molecule has 0 heterocycles. The predicted molar refractivity (Wildman–Crippen MR) is 50.0 cm³/mol. The Hall–Kier alpha value is -0.370. The van der Waals surface area contributed by atoms with Crippen LogP contribution in [-0.2, 0) is 4.79 Å². The maximum Gasteiger partial charge on any atom is 0.160 e. The number of ketones is 1. The average Bonchev–Trinajstić information content (AvgIpc) is 2.00. The van der Waals surface area contributed by atoms with E-state index in [0.717, 1.165) is 6.42 Å². The predicted octanol–water partition coefficient (Wildman–Crippen LogP) is 2.15. The monoisotopic (exact) mass is 172 g/mol. The summed E-state index contributed by atoms with van der Waals surface area (Å²) in [5.74, 6) is 0.579. The van der Waals surface area contributed by atoms with Crippen LogP contribution >= 0.6 is 0 Å². The van der Waals surface area contributed by atoms with Crippen LogP contribution in [0.2, 0.25) is 0 Å². The SMILES string of the molecule is CCCC(C)CCC(=O)C(C)O. The van der Waals surface area contributed by atoms with Gasteiger partial charge in [-0.25, -0.2) is 0 Å². The van der Waals surface area contributed by atoms with Crippen LogP contribution in [0.4, 0.5) is 0 Å². The van der Waals surface area contributed by atoms with Gasteiger partial charge in [-0.2, -0.15) is 0 Å². The first-order valence-corrected chi connectivity index (χ1v) is 4.78. The van der Waals surface area contributed by atoms with Gasteiger partial charge in [0.05, 0.1) is 0 Å². The topological polar surface area (TPSA) is 37.3 Å². The van der Waals surface area contributed by atoms with Crippen LogP contribution in [0.5, 0.6) is 0 Å². The minimum absolute atomic E-state index is 0.0297. The van der Waals surface area contributed by atoms with Gasteiger partial charge in [-0.3, -0.25) is 4.79 Å². The molecule has 2 unspecified atom stereocenters. The zero-order valence-electron chi connectivity index (χ0n) is 8.34. The standard InChI is InChI=1S/C10H20O2/c1-4-5-8(2)6-7-10(12)9(3)11/h8-9,11H,4-7H2,1-3H3. The van der Waals surface area contributed by atoms with E-state index in [0.29, 0.717) is 12.3 Å². The number of carbonyl (C=O) groups excluding carboxylic acids is 1. The van der Waals surface area contributed by atoms with E-state index in [2.05, 4.69) is 13.8 Å². The van der Waals surface area contributed by atoms with Crippen LogP contribution in [0.1, 0.15) is 46.5 Å². The molecule has 2 nitrogen and oxygen atoms in total. The van der Waals surface area contributed by atoms with Gasteiger partial charge in [0, 0.05) is 6.42 Å². The van der Waals surface area contributed by atoms with Crippen molar-refractivity contribution >= 4 is 5.78 Å². The van der Waals surface area contributed by atoms with Gasteiger partial charge < -0.3 is 5.11 Å². The summed E-state index contributed by atoms with van der Waals surface area (Å²) in [5, 5.41) is 8.91. The van der Waals surface area contributed by atoms with Crippen molar-refractivity contribution in [3.8, 4) is 0 Å². The zero-order valence-corrected chi connectivity index (χ0v) is 8.34. The Labute approximate surface area is 75.0 Å². The molecule has 0 bridgehead atoms. The number of aliphatic hydroxyl groups excluding tert-OH is 1.